The summed E-state index contributed by atoms with van der Waals surface area (Å²) in [4.78, 5) is 0. The van der Waals surface area contributed by atoms with Crippen molar-refractivity contribution < 1.29 is 4.57 Å². The van der Waals surface area contributed by atoms with Gasteiger partial charge in [0.2, 0.25) is 0 Å². The molecule has 0 N–H and O–H groups in total. The maximum absolute atomic E-state index is 2.62. The Balaban J connectivity index is 0.000000347. The van der Waals surface area contributed by atoms with E-state index in [1.165, 1.54) is 53.8 Å². The van der Waals surface area contributed by atoms with Gasteiger partial charge in [0.15, 0.2) is 0 Å². The number of hydrogen-bond donors (Lipinski definition) is 0. The Labute approximate surface area is 478 Å². The van der Waals surface area contributed by atoms with Crippen molar-refractivity contribution in [3.05, 3.63) is 163 Å². The molecule has 1 heterocycles. The first-order valence-electron chi connectivity index (χ1n) is 29.6. The molecular formula is C71H106GeN2Si2+. The van der Waals surface area contributed by atoms with Crippen LogP contribution in [0, 0.1) is 34.6 Å². The van der Waals surface area contributed by atoms with Crippen LogP contribution in [0.4, 0.5) is 0 Å². The van der Waals surface area contributed by atoms with E-state index in [1.54, 1.807) is 48.9 Å². The number of imidazole rings is 1. The summed E-state index contributed by atoms with van der Waals surface area (Å²) in [6.07, 6.45) is 0. The fourth-order valence-electron chi connectivity index (χ4n) is 11.0. The van der Waals surface area contributed by atoms with Crippen molar-refractivity contribution in [2.24, 2.45) is 0 Å². The van der Waals surface area contributed by atoms with Crippen LogP contribution in [0.15, 0.2) is 84.9 Å². The normalized spacial score (nSPS) is 11.9. The summed E-state index contributed by atoms with van der Waals surface area (Å²) in [5.74, 6) is 4.45. The van der Waals surface area contributed by atoms with Gasteiger partial charge < -0.3 is 0 Å². The molecule has 0 atom stereocenters. The molecule has 0 bridgehead atoms. The third-order valence-electron chi connectivity index (χ3n) is 15.3. The molecule has 0 unspecified atom stereocenters. The summed E-state index contributed by atoms with van der Waals surface area (Å²) in [6.45, 7) is 63.5. The second kappa shape index (κ2) is 28.4. The number of aryl methyl sites for hydroxylation is 3. The maximum atomic E-state index is 2.62. The maximum Gasteiger partial charge on any atom is -0.0398 e. The van der Waals surface area contributed by atoms with Crippen LogP contribution in [0.25, 0.3) is 0 Å². The molecule has 0 saturated carbocycles. The minimum Gasteiger partial charge on any atom is -0.0564 e. The molecule has 0 spiro atoms. The fourth-order valence-corrected chi connectivity index (χ4v) is 23.0. The van der Waals surface area contributed by atoms with Gasteiger partial charge in [-0.25, -0.2) is 0 Å². The van der Waals surface area contributed by atoms with Crippen LogP contribution in [-0.4, -0.2) is 36.5 Å². The van der Waals surface area contributed by atoms with E-state index in [-0.39, 0.29) is 15.4 Å². The van der Waals surface area contributed by atoms with Gasteiger partial charge >= 0.3 is 129 Å². The predicted molar refractivity (Wildman–Crippen MR) is 344 cm³/mol. The second-order valence-corrected chi connectivity index (χ2v) is 33.1. The van der Waals surface area contributed by atoms with Gasteiger partial charge in [-0.05, 0) is 140 Å². The molecule has 0 amide bonds. The Morgan fingerprint density at radius 1 is 0.408 bits per heavy atom. The summed E-state index contributed by atoms with van der Waals surface area (Å²) >= 11 is -0.308. The summed E-state index contributed by atoms with van der Waals surface area (Å²) in [6, 6.07) is 34.2. The van der Waals surface area contributed by atoms with Crippen molar-refractivity contribution in [1.29, 1.82) is 0 Å². The Morgan fingerprint density at radius 3 is 1.00 bits per heavy atom. The van der Waals surface area contributed by atoms with Gasteiger partial charge in [0, 0.05) is 8.61 Å². The van der Waals surface area contributed by atoms with Crippen molar-refractivity contribution in [2.75, 3.05) is 0 Å². The molecular weight excluding hydrogens is 1010 g/mol. The van der Waals surface area contributed by atoms with Crippen LogP contribution in [0.3, 0.4) is 0 Å². The van der Waals surface area contributed by atoms with Gasteiger partial charge in [-0.1, -0.05) is 196 Å². The quantitative estimate of drug-likeness (QED) is 0.0675. The number of nitrogens with zero attached hydrogens (tertiary/aromatic N) is 2. The largest absolute Gasteiger partial charge is 0.0564 e. The number of hydrogen-bond acceptors (Lipinski definition) is 0. The van der Waals surface area contributed by atoms with E-state index in [0.29, 0.717) is 65.3 Å². The minimum atomic E-state index is -1.25. The van der Waals surface area contributed by atoms with Crippen LogP contribution < -0.4 is 29.2 Å². The first-order valence-corrected chi connectivity index (χ1v) is 35.2. The molecule has 5 heteroatoms. The summed E-state index contributed by atoms with van der Waals surface area (Å²) in [5.41, 5.74) is 21.0. The molecule has 6 aromatic rings. The van der Waals surface area contributed by atoms with Crippen LogP contribution in [-0.2, 0) is 0 Å². The van der Waals surface area contributed by atoms with E-state index in [1.807, 2.05) is 0 Å². The monoisotopic (exact) mass is 1120 g/mol. The third-order valence-corrected chi connectivity index (χ3v) is 24.3. The number of rotatable bonds is 16. The van der Waals surface area contributed by atoms with Gasteiger partial charge in [-0.2, -0.15) is 0 Å². The molecule has 0 aliphatic rings. The van der Waals surface area contributed by atoms with Gasteiger partial charge in [-0.3, -0.25) is 0 Å². The molecule has 411 valence electrons. The van der Waals surface area contributed by atoms with E-state index in [2.05, 4.69) is 281 Å². The van der Waals surface area contributed by atoms with Gasteiger partial charge in [0.1, 0.15) is 0 Å². The fraction of sp³-hybridized carbons (Fsp3) is 0.535. The zero-order valence-electron chi connectivity index (χ0n) is 53.3. The topological polar surface area (TPSA) is 8.81 Å². The Kier molecular flexibility index (Phi) is 24.2. The first-order chi connectivity index (χ1) is 35.4. The van der Waals surface area contributed by atoms with Crippen LogP contribution >= 0.6 is 0 Å². The van der Waals surface area contributed by atoms with Crippen molar-refractivity contribution in [3.8, 4) is 0 Å². The predicted octanol–water partition coefficient (Wildman–Crippen LogP) is 16.8. The van der Waals surface area contributed by atoms with E-state index in [0.717, 1.165) is 8.61 Å². The third kappa shape index (κ3) is 16.2. The molecule has 0 aliphatic carbocycles. The van der Waals surface area contributed by atoms with Gasteiger partial charge in [0.25, 0.3) is 0 Å². The summed E-state index contributed by atoms with van der Waals surface area (Å²) in [5, 5.41) is 5.12. The molecule has 0 aliphatic heterocycles. The van der Waals surface area contributed by atoms with E-state index >= 15 is 0 Å². The van der Waals surface area contributed by atoms with E-state index < -0.39 is 7.89 Å². The van der Waals surface area contributed by atoms with Gasteiger partial charge in [-0.15, -0.1) is 0 Å². The van der Waals surface area contributed by atoms with Gasteiger partial charge in [0.05, 0.1) is 7.89 Å². The smallest absolute Gasteiger partial charge is 0.0398 e. The molecule has 76 heavy (non-hydrogen) atoms. The molecule has 6 rings (SSSR count). The standard InChI is InChI=1S/C45H69Si2.C17H25GeN2.C9H12/c1-25(2)34-19-37(28(7)8)43(38(20-34)29(9)10)46-47(44-39(30(11)12)21-35(26(3)4)22-40(44)31(13)14)45-41(32(15)16)23-36(27(5)6)24-42(45)33(17)18;1-12(2)19-14(5)15(6)20(13(3)4)17(19)18-16-10-8-7-9-11-16;1-7-4-8(2)6-9(3)5-7/h19-33H,1-18H3;7-13H,1-6H3;4-6H,1-3H3/q;+1;. The molecule has 5 aromatic carbocycles. The van der Waals surface area contributed by atoms with Crippen molar-refractivity contribution in [2.45, 2.75) is 252 Å². The van der Waals surface area contributed by atoms with Crippen LogP contribution in [0.1, 0.15) is 296 Å². The average Bonchev–Trinajstić information content (AvgIpc) is 3.57. The average molecular weight is 1120 g/mol. The first kappa shape index (κ1) is 64.8. The number of benzene rings is 5. The Hall–Kier alpha value is -3.71. The van der Waals surface area contributed by atoms with Crippen molar-refractivity contribution >= 4 is 56.5 Å². The molecule has 2 nitrogen and oxygen atoms in total. The summed E-state index contributed by atoms with van der Waals surface area (Å²) < 4.78 is 8.13. The van der Waals surface area contributed by atoms with E-state index in [9.17, 15) is 0 Å². The SMILES string of the molecule is CC(C)c1cc(C(C)C)c([Si]=[Si](c2c(C(C)C)cc(C(C)C)cc2C(C)C)c2c(C(C)C)cc(C(C)C)cc2C(C)C)c(C(C)C)c1.Cc1c(C)[n+](C(C)C)[c]([Ge][c]2ccccc2)n1C(C)C.Cc1cc(C)cc(C)c1. The zero-order valence-corrected chi connectivity index (χ0v) is 57.4. The molecule has 0 fully saturated rings. The molecule has 1 aromatic heterocycles. The zero-order chi connectivity index (χ0) is 57.4. The van der Waals surface area contributed by atoms with Crippen molar-refractivity contribution in [3.63, 3.8) is 0 Å². The van der Waals surface area contributed by atoms with E-state index in [4.69, 9.17) is 0 Å². The minimum absolute atomic E-state index is 0.308. The Morgan fingerprint density at radius 2 is 0.724 bits per heavy atom. The molecule has 3 radical (unpaired) electrons. The number of aromatic nitrogens is 2. The molecule has 0 saturated heterocycles. The summed E-state index contributed by atoms with van der Waals surface area (Å²) in [7, 11) is -0.484. The van der Waals surface area contributed by atoms with Crippen LogP contribution in [0.2, 0.25) is 0 Å². The van der Waals surface area contributed by atoms with Crippen LogP contribution in [0.5, 0.6) is 0 Å². The van der Waals surface area contributed by atoms with Crippen molar-refractivity contribution in [1.82, 2.24) is 4.57 Å². The Bertz CT molecular complexity index is 2640. The second-order valence-electron chi connectivity index (χ2n) is 25.7.